The number of halogens is 1. The first-order chi connectivity index (χ1) is 12.0. The van der Waals surface area contributed by atoms with E-state index in [1.54, 1.807) is 19.1 Å². The van der Waals surface area contributed by atoms with Crippen molar-refractivity contribution in [2.75, 3.05) is 13.4 Å². The first-order valence-corrected chi connectivity index (χ1v) is 7.64. The lowest BCUT2D eigenvalue weighted by atomic mass is 10.1. The molecule has 130 valence electrons. The highest BCUT2D eigenvalue weighted by Crippen LogP contribution is 2.34. The summed E-state index contributed by atoms with van der Waals surface area (Å²) in [6, 6.07) is 10.1. The summed E-state index contributed by atoms with van der Waals surface area (Å²) in [4.78, 5) is 23.7. The molecule has 0 saturated carbocycles. The molecule has 1 aliphatic heterocycles. The van der Waals surface area contributed by atoms with Gasteiger partial charge in [-0.1, -0.05) is 12.1 Å². The van der Waals surface area contributed by atoms with E-state index >= 15 is 0 Å². The van der Waals surface area contributed by atoms with Crippen molar-refractivity contribution in [3.8, 4) is 11.5 Å². The van der Waals surface area contributed by atoms with Crippen molar-refractivity contribution < 1.29 is 28.2 Å². The number of nitrogens with one attached hydrogen (secondary N) is 1. The van der Waals surface area contributed by atoms with Gasteiger partial charge in [-0.3, -0.25) is 4.79 Å². The summed E-state index contributed by atoms with van der Waals surface area (Å²) in [5, 5.41) is 2.72. The number of carbonyl (C=O) groups is 2. The standard InChI is InChI=1S/C18H16FNO5/c1-11(12-5-6-15-16(8-12)25-10-24-15)20-17(21)9-23-18(22)13-3-2-4-14(19)7-13/h2-8,11H,9-10H2,1H3,(H,20,21). The van der Waals surface area contributed by atoms with Gasteiger partial charge < -0.3 is 19.5 Å². The van der Waals surface area contributed by atoms with Gasteiger partial charge in [0.05, 0.1) is 11.6 Å². The maximum absolute atomic E-state index is 13.1. The van der Waals surface area contributed by atoms with Crippen molar-refractivity contribution in [3.05, 3.63) is 59.4 Å². The van der Waals surface area contributed by atoms with Crippen molar-refractivity contribution in [1.29, 1.82) is 0 Å². The molecule has 0 bridgehead atoms. The molecule has 0 aromatic heterocycles. The van der Waals surface area contributed by atoms with E-state index in [2.05, 4.69) is 5.32 Å². The maximum atomic E-state index is 13.1. The number of hydrogen-bond donors (Lipinski definition) is 1. The van der Waals surface area contributed by atoms with E-state index in [1.165, 1.54) is 18.2 Å². The minimum Gasteiger partial charge on any atom is -0.454 e. The van der Waals surface area contributed by atoms with Crippen LogP contribution in [0.4, 0.5) is 4.39 Å². The number of fused-ring (bicyclic) bond motifs is 1. The van der Waals surface area contributed by atoms with Gasteiger partial charge in [-0.25, -0.2) is 9.18 Å². The number of rotatable bonds is 5. The highest BCUT2D eigenvalue weighted by Gasteiger charge is 2.17. The van der Waals surface area contributed by atoms with E-state index in [4.69, 9.17) is 14.2 Å². The van der Waals surface area contributed by atoms with E-state index in [0.717, 1.165) is 11.6 Å². The predicted molar refractivity (Wildman–Crippen MR) is 85.8 cm³/mol. The third-order valence-corrected chi connectivity index (χ3v) is 3.67. The van der Waals surface area contributed by atoms with Gasteiger partial charge in [-0.05, 0) is 42.8 Å². The van der Waals surface area contributed by atoms with Crippen LogP contribution in [-0.2, 0) is 9.53 Å². The zero-order chi connectivity index (χ0) is 17.8. The molecule has 3 rings (SSSR count). The van der Waals surface area contributed by atoms with Gasteiger partial charge in [0.25, 0.3) is 5.91 Å². The topological polar surface area (TPSA) is 73.9 Å². The molecule has 0 radical (unpaired) electrons. The Bertz CT molecular complexity index is 808. The lowest BCUT2D eigenvalue weighted by Gasteiger charge is -2.15. The summed E-state index contributed by atoms with van der Waals surface area (Å²) in [5.41, 5.74) is 0.880. The van der Waals surface area contributed by atoms with E-state index in [-0.39, 0.29) is 18.4 Å². The molecule has 6 nitrogen and oxygen atoms in total. The van der Waals surface area contributed by atoms with Crippen LogP contribution in [0.5, 0.6) is 11.5 Å². The highest BCUT2D eigenvalue weighted by atomic mass is 19.1. The Morgan fingerprint density at radius 2 is 2.00 bits per heavy atom. The fourth-order valence-corrected chi connectivity index (χ4v) is 2.38. The number of benzene rings is 2. The van der Waals surface area contributed by atoms with Crippen molar-refractivity contribution in [3.63, 3.8) is 0 Å². The van der Waals surface area contributed by atoms with Crippen LogP contribution >= 0.6 is 0 Å². The minimum atomic E-state index is -0.759. The number of hydrogen-bond acceptors (Lipinski definition) is 5. The molecule has 0 fully saturated rings. The Labute approximate surface area is 143 Å². The highest BCUT2D eigenvalue weighted by molar-refractivity contribution is 5.91. The molecular weight excluding hydrogens is 329 g/mol. The third kappa shape index (κ3) is 4.06. The summed E-state index contributed by atoms with van der Waals surface area (Å²) < 4.78 is 28.5. The van der Waals surface area contributed by atoms with Crippen molar-refractivity contribution in [1.82, 2.24) is 5.32 Å². The predicted octanol–water partition coefficient (Wildman–Crippen LogP) is 2.59. The molecule has 1 heterocycles. The monoisotopic (exact) mass is 345 g/mol. The number of ether oxygens (including phenoxy) is 3. The van der Waals surface area contributed by atoms with E-state index in [0.29, 0.717) is 11.5 Å². The zero-order valence-electron chi connectivity index (χ0n) is 13.5. The summed E-state index contributed by atoms with van der Waals surface area (Å²) in [6.07, 6.45) is 0. The minimum absolute atomic E-state index is 0.0524. The summed E-state index contributed by atoms with van der Waals surface area (Å²) >= 11 is 0. The van der Waals surface area contributed by atoms with Crippen LogP contribution < -0.4 is 14.8 Å². The molecule has 25 heavy (non-hydrogen) atoms. The Balaban J connectivity index is 1.53. The second kappa shape index (κ2) is 7.21. The fourth-order valence-electron chi connectivity index (χ4n) is 2.38. The summed E-state index contributed by atoms with van der Waals surface area (Å²) in [5.74, 6) is -0.488. The molecule has 0 saturated heterocycles. The molecule has 2 aromatic carbocycles. The molecule has 2 aromatic rings. The van der Waals surface area contributed by atoms with Crippen LogP contribution in [0.25, 0.3) is 0 Å². The average Bonchev–Trinajstić information content (AvgIpc) is 3.07. The molecule has 1 unspecified atom stereocenters. The smallest absolute Gasteiger partial charge is 0.338 e. The van der Waals surface area contributed by atoms with Crippen LogP contribution in [0.3, 0.4) is 0 Å². The Hall–Kier alpha value is -3.09. The van der Waals surface area contributed by atoms with Gasteiger partial charge in [-0.2, -0.15) is 0 Å². The number of esters is 1. The fraction of sp³-hybridized carbons (Fsp3) is 0.222. The molecule has 1 amide bonds. The van der Waals surface area contributed by atoms with Crippen molar-refractivity contribution in [2.45, 2.75) is 13.0 Å². The summed E-state index contributed by atoms with van der Waals surface area (Å²) in [6.45, 7) is 1.52. The van der Waals surface area contributed by atoms with Gasteiger partial charge >= 0.3 is 5.97 Å². The third-order valence-electron chi connectivity index (χ3n) is 3.67. The lowest BCUT2D eigenvalue weighted by molar-refractivity contribution is -0.124. The van der Waals surface area contributed by atoms with Gasteiger partial charge in [0, 0.05) is 0 Å². The normalized spacial score (nSPS) is 13.2. The van der Waals surface area contributed by atoms with E-state index in [9.17, 15) is 14.0 Å². The van der Waals surface area contributed by atoms with Gasteiger partial charge in [0.2, 0.25) is 6.79 Å². The second-order valence-corrected chi connectivity index (χ2v) is 5.49. The molecule has 1 N–H and O–H groups in total. The van der Waals surface area contributed by atoms with Gasteiger partial charge in [0.1, 0.15) is 5.82 Å². The second-order valence-electron chi connectivity index (χ2n) is 5.49. The van der Waals surface area contributed by atoms with E-state index < -0.39 is 24.3 Å². The number of amides is 1. The van der Waals surface area contributed by atoms with Crippen LogP contribution in [0.15, 0.2) is 42.5 Å². The van der Waals surface area contributed by atoms with Crippen LogP contribution in [-0.4, -0.2) is 25.3 Å². The van der Waals surface area contributed by atoms with Crippen LogP contribution in [0.2, 0.25) is 0 Å². The van der Waals surface area contributed by atoms with Crippen molar-refractivity contribution in [2.24, 2.45) is 0 Å². The number of carbonyl (C=O) groups excluding carboxylic acids is 2. The SMILES string of the molecule is CC(NC(=O)COC(=O)c1cccc(F)c1)c1ccc2c(c1)OCO2. The molecule has 7 heteroatoms. The first-order valence-electron chi connectivity index (χ1n) is 7.64. The molecule has 0 spiro atoms. The Morgan fingerprint density at radius 3 is 2.80 bits per heavy atom. The van der Waals surface area contributed by atoms with Crippen LogP contribution in [0.1, 0.15) is 28.9 Å². The zero-order valence-corrected chi connectivity index (χ0v) is 13.5. The largest absolute Gasteiger partial charge is 0.454 e. The van der Waals surface area contributed by atoms with E-state index in [1.807, 2.05) is 6.07 Å². The van der Waals surface area contributed by atoms with Crippen LogP contribution in [0, 0.1) is 5.82 Å². The quantitative estimate of drug-likeness (QED) is 0.843. The van der Waals surface area contributed by atoms with Gasteiger partial charge in [0.15, 0.2) is 18.1 Å². The molecule has 0 aliphatic carbocycles. The maximum Gasteiger partial charge on any atom is 0.338 e. The first kappa shape index (κ1) is 16.8. The van der Waals surface area contributed by atoms with Crippen molar-refractivity contribution >= 4 is 11.9 Å². The lowest BCUT2D eigenvalue weighted by Crippen LogP contribution is -2.31. The Kier molecular flexibility index (Phi) is 4.83. The molecule has 1 atom stereocenters. The molecular formula is C18H16FNO5. The Morgan fingerprint density at radius 1 is 1.20 bits per heavy atom. The van der Waals surface area contributed by atoms with Gasteiger partial charge in [-0.15, -0.1) is 0 Å². The summed E-state index contributed by atoms with van der Waals surface area (Å²) in [7, 11) is 0. The average molecular weight is 345 g/mol. The molecule has 1 aliphatic rings.